The number of hydrogen-bond acceptors (Lipinski definition) is 2. The lowest BCUT2D eigenvalue weighted by Gasteiger charge is -2.23. The second kappa shape index (κ2) is 3.34. The highest BCUT2D eigenvalue weighted by Crippen LogP contribution is 2.65. The van der Waals surface area contributed by atoms with E-state index in [0.717, 1.165) is 12.8 Å². The van der Waals surface area contributed by atoms with Gasteiger partial charge in [0.05, 0.1) is 5.03 Å². The SMILES string of the molecule is CCCC1(C)OP(=O)(Cl)C=C1Cl. The van der Waals surface area contributed by atoms with E-state index in [2.05, 4.69) is 0 Å². The van der Waals surface area contributed by atoms with Gasteiger partial charge in [0.2, 0.25) is 0 Å². The predicted octanol–water partition coefficient (Wildman–Crippen LogP) is 4.09. The van der Waals surface area contributed by atoms with Crippen LogP contribution in [0.3, 0.4) is 0 Å². The fourth-order valence-electron chi connectivity index (χ4n) is 1.26. The van der Waals surface area contributed by atoms with E-state index in [1.165, 1.54) is 5.82 Å². The standard InChI is InChI=1S/C7H11Cl2O2P/c1-3-4-7(2)6(8)5-12(9,10)11-7/h5H,3-4H2,1-2H3. The Balaban J connectivity index is 2.86. The number of hydrogen-bond donors (Lipinski definition) is 0. The molecule has 1 heterocycles. The maximum atomic E-state index is 11.3. The molecule has 2 nitrogen and oxygen atoms in total. The Hall–Kier alpha value is 0.510. The van der Waals surface area contributed by atoms with Crippen LogP contribution in [0.5, 0.6) is 0 Å². The average molecular weight is 229 g/mol. The van der Waals surface area contributed by atoms with E-state index >= 15 is 0 Å². The molecule has 0 N–H and O–H groups in total. The first-order chi connectivity index (χ1) is 5.40. The van der Waals surface area contributed by atoms with E-state index in [4.69, 9.17) is 27.4 Å². The number of rotatable bonds is 2. The summed E-state index contributed by atoms with van der Waals surface area (Å²) in [5, 5.41) is 0.461. The molecule has 2 unspecified atom stereocenters. The van der Waals surface area contributed by atoms with Gasteiger partial charge in [0.1, 0.15) is 5.60 Å². The van der Waals surface area contributed by atoms with E-state index in [9.17, 15) is 4.57 Å². The zero-order valence-electron chi connectivity index (χ0n) is 7.01. The van der Waals surface area contributed by atoms with Crippen molar-refractivity contribution in [3.63, 3.8) is 0 Å². The second-order valence-corrected chi connectivity index (χ2v) is 6.37. The summed E-state index contributed by atoms with van der Waals surface area (Å²) in [6.07, 6.45) is 1.65. The van der Waals surface area contributed by atoms with Crippen molar-refractivity contribution in [1.29, 1.82) is 0 Å². The Morgan fingerprint density at radius 1 is 1.75 bits per heavy atom. The molecule has 1 aliphatic rings. The molecule has 0 radical (unpaired) electrons. The van der Waals surface area contributed by atoms with Crippen molar-refractivity contribution in [2.24, 2.45) is 0 Å². The lowest BCUT2D eigenvalue weighted by atomic mass is 10.0. The van der Waals surface area contributed by atoms with Crippen LogP contribution in [0.25, 0.3) is 0 Å². The van der Waals surface area contributed by atoms with Gasteiger partial charge in [-0.1, -0.05) is 24.9 Å². The Kier molecular flexibility index (Phi) is 2.95. The average Bonchev–Trinajstić information content (AvgIpc) is 2.02. The Bertz CT molecular complexity index is 264. The molecule has 0 amide bonds. The van der Waals surface area contributed by atoms with Gasteiger partial charge in [-0.3, -0.25) is 4.57 Å². The van der Waals surface area contributed by atoms with Gasteiger partial charge in [0.15, 0.2) is 0 Å². The molecule has 0 bridgehead atoms. The Labute approximate surface area is 82.1 Å². The van der Waals surface area contributed by atoms with Crippen molar-refractivity contribution in [3.05, 3.63) is 10.8 Å². The minimum atomic E-state index is -3.07. The maximum absolute atomic E-state index is 11.3. The molecule has 0 aliphatic carbocycles. The van der Waals surface area contributed by atoms with Crippen molar-refractivity contribution in [2.75, 3.05) is 0 Å². The summed E-state index contributed by atoms with van der Waals surface area (Å²) in [5.74, 6) is 1.33. The largest absolute Gasteiger partial charge is 0.314 e. The van der Waals surface area contributed by atoms with E-state index in [1.807, 2.05) is 6.92 Å². The van der Waals surface area contributed by atoms with Gasteiger partial charge < -0.3 is 4.52 Å². The third-order valence-electron chi connectivity index (χ3n) is 1.83. The highest BCUT2D eigenvalue weighted by atomic mass is 35.7. The molecule has 0 aromatic rings. The maximum Gasteiger partial charge on any atom is 0.314 e. The normalized spacial score (nSPS) is 41.5. The van der Waals surface area contributed by atoms with E-state index in [-0.39, 0.29) is 0 Å². The van der Waals surface area contributed by atoms with Crippen molar-refractivity contribution in [3.8, 4) is 0 Å². The van der Waals surface area contributed by atoms with Crippen LogP contribution in [0.4, 0.5) is 0 Å². The summed E-state index contributed by atoms with van der Waals surface area (Å²) in [6, 6.07) is 0. The van der Waals surface area contributed by atoms with Crippen LogP contribution >= 0.6 is 29.6 Å². The minimum absolute atomic E-state index is 0.461. The molecule has 5 heteroatoms. The monoisotopic (exact) mass is 228 g/mol. The highest BCUT2D eigenvalue weighted by Gasteiger charge is 2.42. The molecular formula is C7H11Cl2O2P. The summed E-state index contributed by atoms with van der Waals surface area (Å²) in [7, 11) is 0. The van der Waals surface area contributed by atoms with Crippen LogP contribution in [0, 0.1) is 0 Å². The predicted molar refractivity (Wildman–Crippen MR) is 51.8 cm³/mol. The Morgan fingerprint density at radius 3 is 2.67 bits per heavy atom. The zero-order valence-corrected chi connectivity index (χ0v) is 9.42. The summed E-state index contributed by atoms with van der Waals surface area (Å²) < 4.78 is 16.5. The molecule has 12 heavy (non-hydrogen) atoms. The lowest BCUT2D eigenvalue weighted by molar-refractivity contribution is 0.145. The van der Waals surface area contributed by atoms with Crippen LogP contribution < -0.4 is 0 Å². The minimum Gasteiger partial charge on any atom is -0.302 e. The highest BCUT2D eigenvalue weighted by molar-refractivity contribution is 7.88. The van der Waals surface area contributed by atoms with Gasteiger partial charge in [0, 0.05) is 5.82 Å². The molecule has 1 rings (SSSR count). The van der Waals surface area contributed by atoms with E-state index in [0.29, 0.717) is 5.03 Å². The molecule has 0 aromatic carbocycles. The summed E-state index contributed by atoms with van der Waals surface area (Å²) in [4.78, 5) is 0. The summed E-state index contributed by atoms with van der Waals surface area (Å²) in [6.45, 7) is 0.741. The van der Waals surface area contributed by atoms with Crippen molar-refractivity contribution >= 4 is 29.6 Å². The topological polar surface area (TPSA) is 26.3 Å². The van der Waals surface area contributed by atoms with E-state index < -0.39 is 12.3 Å². The van der Waals surface area contributed by atoms with Crippen LogP contribution in [0.15, 0.2) is 10.8 Å². The zero-order chi connectivity index (χ0) is 9.41. The third kappa shape index (κ3) is 2.05. The molecule has 0 spiro atoms. The van der Waals surface area contributed by atoms with Crippen molar-refractivity contribution < 1.29 is 9.09 Å². The van der Waals surface area contributed by atoms with Gasteiger partial charge in [-0.05, 0) is 24.6 Å². The Morgan fingerprint density at radius 2 is 2.33 bits per heavy atom. The molecule has 0 saturated heterocycles. The van der Waals surface area contributed by atoms with E-state index in [1.54, 1.807) is 6.92 Å². The first-order valence-electron chi connectivity index (χ1n) is 3.78. The first kappa shape index (κ1) is 10.6. The number of halogens is 2. The molecule has 1 aliphatic heterocycles. The smallest absolute Gasteiger partial charge is 0.302 e. The fourth-order valence-corrected chi connectivity index (χ4v) is 4.07. The molecule has 0 aromatic heterocycles. The van der Waals surface area contributed by atoms with Gasteiger partial charge in [0.25, 0.3) is 0 Å². The summed E-state index contributed by atoms with van der Waals surface area (Å²) >= 11 is 11.4. The van der Waals surface area contributed by atoms with Crippen LogP contribution in [0.1, 0.15) is 26.7 Å². The second-order valence-electron chi connectivity index (χ2n) is 3.07. The molecular weight excluding hydrogens is 218 g/mol. The molecule has 70 valence electrons. The van der Waals surface area contributed by atoms with Crippen LogP contribution in [-0.4, -0.2) is 5.60 Å². The lowest BCUT2D eigenvalue weighted by Crippen LogP contribution is -2.23. The van der Waals surface area contributed by atoms with Crippen LogP contribution in [-0.2, 0) is 9.09 Å². The van der Waals surface area contributed by atoms with Gasteiger partial charge in [-0.15, -0.1) is 0 Å². The van der Waals surface area contributed by atoms with Gasteiger partial charge in [-0.25, -0.2) is 0 Å². The molecule has 0 saturated carbocycles. The van der Waals surface area contributed by atoms with Gasteiger partial charge in [-0.2, -0.15) is 0 Å². The molecule has 0 fully saturated rings. The van der Waals surface area contributed by atoms with Gasteiger partial charge >= 0.3 is 6.72 Å². The van der Waals surface area contributed by atoms with Crippen molar-refractivity contribution in [2.45, 2.75) is 32.3 Å². The molecule has 2 atom stereocenters. The summed E-state index contributed by atoms with van der Waals surface area (Å²) in [5.41, 5.74) is -0.631. The quantitative estimate of drug-likeness (QED) is 0.666. The fraction of sp³-hybridized carbons (Fsp3) is 0.714. The van der Waals surface area contributed by atoms with Crippen LogP contribution in [0.2, 0.25) is 0 Å². The third-order valence-corrected chi connectivity index (χ3v) is 4.21. The first-order valence-corrected chi connectivity index (χ1v) is 6.76. The van der Waals surface area contributed by atoms with Crippen molar-refractivity contribution in [1.82, 2.24) is 0 Å².